The van der Waals surface area contributed by atoms with Crippen LogP contribution in [-0.4, -0.2) is 22.2 Å². The quantitative estimate of drug-likeness (QED) is 0.877. The lowest BCUT2D eigenvalue weighted by Gasteiger charge is -2.05. The van der Waals surface area contributed by atoms with Crippen LogP contribution >= 0.6 is 0 Å². The van der Waals surface area contributed by atoms with Crippen LogP contribution in [0.4, 0.5) is 0 Å². The minimum absolute atomic E-state index is 0.115. The van der Waals surface area contributed by atoms with Crippen LogP contribution < -0.4 is 0 Å². The lowest BCUT2D eigenvalue weighted by atomic mass is 10.2. The van der Waals surface area contributed by atoms with Gasteiger partial charge in [0, 0.05) is 5.56 Å². The van der Waals surface area contributed by atoms with Crippen LogP contribution in [0.1, 0.15) is 12.6 Å². The molecule has 1 N–H and O–H groups in total. The van der Waals surface area contributed by atoms with Gasteiger partial charge in [0.2, 0.25) is 5.89 Å². The van der Waals surface area contributed by atoms with Gasteiger partial charge < -0.3 is 14.3 Å². The van der Waals surface area contributed by atoms with Crippen molar-refractivity contribution in [2.24, 2.45) is 0 Å². The predicted octanol–water partition coefficient (Wildman–Crippen LogP) is 2.33. The van der Waals surface area contributed by atoms with Gasteiger partial charge in [-0.25, -0.2) is 9.78 Å². The Morgan fingerprint density at radius 2 is 2.17 bits per heavy atom. The number of rotatable bonds is 5. The molecule has 5 heteroatoms. The molecular formula is C13H13NO4. The number of carboxylic acid groups (broad SMARTS) is 1. The van der Waals surface area contributed by atoms with E-state index in [4.69, 9.17) is 14.3 Å². The van der Waals surface area contributed by atoms with Gasteiger partial charge in [0.15, 0.2) is 6.10 Å². The molecule has 2 aromatic rings. The highest BCUT2D eigenvalue weighted by molar-refractivity contribution is 5.71. The molecule has 94 valence electrons. The van der Waals surface area contributed by atoms with Crippen molar-refractivity contribution in [2.45, 2.75) is 19.6 Å². The summed E-state index contributed by atoms with van der Waals surface area (Å²) < 4.78 is 10.4. The summed E-state index contributed by atoms with van der Waals surface area (Å²) in [6.07, 6.45) is 0.610. The van der Waals surface area contributed by atoms with E-state index in [9.17, 15) is 4.79 Å². The molecule has 2 rings (SSSR count). The van der Waals surface area contributed by atoms with Gasteiger partial charge in [-0.15, -0.1) is 0 Å². The summed E-state index contributed by atoms with van der Waals surface area (Å²) >= 11 is 0. The topological polar surface area (TPSA) is 72.6 Å². The third-order valence-corrected chi connectivity index (χ3v) is 2.40. The van der Waals surface area contributed by atoms with Crippen molar-refractivity contribution in [3.8, 4) is 11.5 Å². The van der Waals surface area contributed by atoms with Crippen molar-refractivity contribution in [1.29, 1.82) is 0 Å². The fourth-order valence-electron chi connectivity index (χ4n) is 1.37. The van der Waals surface area contributed by atoms with Crippen LogP contribution in [0.3, 0.4) is 0 Å². The average molecular weight is 247 g/mol. The molecule has 0 radical (unpaired) electrons. The van der Waals surface area contributed by atoms with Crippen molar-refractivity contribution in [3.63, 3.8) is 0 Å². The summed E-state index contributed by atoms with van der Waals surface area (Å²) in [7, 11) is 0. The second-order valence-corrected chi connectivity index (χ2v) is 3.80. The largest absolute Gasteiger partial charge is 0.479 e. The number of aromatic nitrogens is 1. The molecule has 18 heavy (non-hydrogen) atoms. The van der Waals surface area contributed by atoms with Gasteiger partial charge in [0.1, 0.15) is 12.0 Å². The van der Waals surface area contributed by atoms with Gasteiger partial charge in [-0.1, -0.05) is 18.2 Å². The van der Waals surface area contributed by atoms with E-state index < -0.39 is 12.1 Å². The fourth-order valence-corrected chi connectivity index (χ4v) is 1.37. The number of carboxylic acids is 1. The van der Waals surface area contributed by atoms with Crippen LogP contribution in [0.15, 0.2) is 41.0 Å². The first-order valence-corrected chi connectivity index (χ1v) is 5.51. The second-order valence-electron chi connectivity index (χ2n) is 3.80. The molecule has 0 aliphatic rings. The van der Waals surface area contributed by atoms with E-state index in [1.165, 1.54) is 13.2 Å². The normalized spacial score (nSPS) is 12.3. The summed E-state index contributed by atoms with van der Waals surface area (Å²) in [5.74, 6) is -0.501. The molecule has 1 aromatic heterocycles. The van der Waals surface area contributed by atoms with E-state index in [0.717, 1.165) is 5.56 Å². The Morgan fingerprint density at radius 3 is 2.83 bits per heavy atom. The van der Waals surface area contributed by atoms with Crippen molar-refractivity contribution < 1.29 is 19.1 Å². The zero-order valence-corrected chi connectivity index (χ0v) is 9.87. The molecule has 0 spiro atoms. The van der Waals surface area contributed by atoms with Gasteiger partial charge in [-0.3, -0.25) is 0 Å². The molecule has 0 aliphatic carbocycles. The Hall–Kier alpha value is -2.14. The SMILES string of the molecule is C[C@@H](OCc1coc(-c2ccccc2)n1)C(=O)O. The molecule has 0 aliphatic heterocycles. The Morgan fingerprint density at radius 1 is 1.44 bits per heavy atom. The molecule has 5 nitrogen and oxygen atoms in total. The lowest BCUT2D eigenvalue weighted by Crippen LogP contribution is -2.19. The fraction of sp³-hybridized carbons (Fsp3) is 0.231. The van der Waals surface area contributed by atoms with Crippen LogP contribution in [0, 0.1) is 0 Å². The Balaban J connectivity index is 2.01. The van der Waals surface area contributed by atoms with Crippen molar-refractivity contribution in [2.75, 3.05) is 0 Å². The van der Waals surface area contributed by atoms with E-state index >= 15 is 0 Å². The Bertz CT molecular complexity index is 521. The summed E-state index contributed by atoms with van der Waals surface area (Å²) in [6, 6.07) is 9.46. The first-order chi connectivity index (χ1) is 8.66. The third-order valence-electron chi connectivity index (χ3n) is 2.40. The van der Waals surface area contributed by atoms with Gasteiger partial charge in [-0.2, -0.15) is 0 Å². The molecule has 0 unspecified atom stereocenters. The molecular weight excluding hydrogens is 234 g/mol. The van der Waals surface area contributed by atoms with Crippen LogP contribution in [0.25, 0.3) is 11.5 Å². The van der Waals surface area contributed by atoms with E-state index in [2.05, 4.69) is 4.98 Å². The molecule has 0 saturated heterocycles. The number of oxazole rings is 1. The second kappa shape index (κ2) is 5.46. The number of hydrogen-bond acceptors (Lipinski definition) is 4. The van der Waals surface area contributed by atoms with E-state index in [-0.39, 0.29) is 6.61 Å². The van der Waals surface area contributed by atoms with Crippen LogP contribution in [0.2, 0.25) is 0 Å². The maximum absolute atomic E-state index is 10.6. The Labute approximate surface area is 104 Å². The maximum Gasteiger partial charge on any atom is 0.332 e. The van der Waals surface area contributed by atoms with Gasteiger partial charge in [0.25, 0.3) is 0 Å². The monoisotopic (exact) mass is 247 g/mol. The molecule has 0 saturated carbocycles. The molecule has 0 amide bonds. The van der Waals surface area contributed by atoms with Crippen LogP contribution in [-0.2, 0) is 16.1 Å². The highest BCUT2D eigenvalue weighted by atomic mass is 16.5. The van der Waals surface area contributed by atoms with E-state index in [1.54, 1.807) is 0 Å². The summed E-state index contributed by atoms with van der Waals surface area (Å²) in [4.78, 5) is 14.8. The zero-order chi connectivity index (χ0) is 13.0. The number of aliphatic carboxylic acids is 1. The van der Waals surface area contributed by atoms with Gasteiger partial charge in [-0.05, 0) is 19.1 Å². The maximum atomic E-state index is 10.6. The van der Waals surface area contributed by atoms with Crippen molar-refractivity contribution in [3.05, 3.63) is 42.3 Å². The third kappa shape index (κ3) is 2.95. The highest BCUT2D eigenvalue weighted by Gasteiger charge is 2.13. The first kappa shape index (κ1) is 12.3. The highest BCUT2D eigenvalue weighted by Crippen LogP contribution is 2.18. The van der Waals surface area contributed by atoms with Gasteiger partial charge in [0.05, 0.1) is 6.61 Å². The number of nitrogens with zero attached hydrogens (tertiary/aromatic N) is 1. The van der Waals surface area contributed by atoms with Gasteiger partial charge >= 0.3 is 5.97 Å². The summed E-state index contributed by atoms with van der Waals surface area (Å²) in [5, 5.41) is 8.67. The average Bonchev–Trinajstić information content (AvgIpc) is 2.85. The summed E-state index contributed by atoms with van der Waals surface area (Å²) in [6.45, 7) is 1.59. The smallest absolute Gasteiger partial charge is 0.332 e. The minimum atomic E-state index is -0.998. The van der Waals surface area contributed by atoms with Crippen molar-refractivity contribution >= 4 is 5.97 Å². The standard InChI is InChI=1S/C13H13NO4/c1-9(13(15)16)17-7-11-8-18-12(14-11)10-5-3-2-4-6-10/h2-6,8-9H,7H2,1H3,(H,15,16)/t9-/m1/s1. The number of benzene rings is 1. The molecule has 0 bridgehead atoms. The number of carbonyl (C=O) groups is 1. The summed E-state index contributed by atoms with van der Waals surface area (Å²) in [5.41, 5.74) is 1.44. The van der Waals surface area contributed by atoms with E-state index in [0.29, 0.717) is 11.6 Å². The predicted molar refractivity (Wildman–Crippen MR) is 63.8 cm³/mol. The molecule has 0 fully saturated rings. The molecule has 1 aromatic carbocycles. The lowest BCUT2D eigenvalue weighted by molar-refractivity contribution is -0.149. The zero-order valence-electron chi connectivity index (χ0n) is 9.87. The van der Waals surface area contributed by atoms with Crippen molar-refractivity contribution in [1.82, 2.24) is 4.98 Å². The first-order valence-electron chi connectivity index (χ1n) is 5.51. The van der Waals surface area contributed by atoms with Crippen LogP contribution in [0.5, 0.6) is 0 Å². The number of ether oxygens (including phenoxy) is 1. The number of hydrogen-bond donors (Lipinski definition) is 1. The molecule has 1 heterocycles. The minimum Gasteiger partial charge on any atom is -0.479 e. The Kier molecular flexibility index (Phi) is 3.74. The van der Waals surface area contributed by atoms with E-state index in [1.807, 2.05) is 30.3 Å². The molecule has 1 atom stereocenters.